The molecule has 1 aromatic rings. The van der Waals surface area contributed by atoms with Crippen molar-refractivity contribution in [2.45, 2.75) is 26.7 Å². The molecule has 92 valence electrons. The minimum atomic E-state index is -0.163. The Morgan fingerprint density at radius 3 is 2.76 bits per heavy atom. The average Bonchev–Trinajstić information content (AvgIpc) is 2.62. The van der Waals surface area contributed by atoms with Crippen LogP contribution < -0.4 is 10.6 Å². The van der Waals surface area contributed by atoms with Crippen molar-refractivity contribution in [2.75, 3.05) is 11.9 Å². The number of carbonyl (C=O) groups is 2. The van der Waals surface area contributed by atoms with Crippen LogP contribution in [0, 0.1) is 19.8 Å². The molecule has 0 spiro atoms. The highest BCUT2D eigenvalue weighted by Gasteiger charge is 2.25. The van der Waals surface area contributed by atoms with E-state index < -0.39 is 0 Å². The summed E-state index contributed by atoms with van der Waals surface area (Å²) in [4.78, 5) is 22.9. The van der Waals surface area contributed by atoms with Gasteiger partial charge in [-0.3, -0.25) is 14.7 Å². The predicted molar refractivity (Wildman–Crippen MR) is 62.4 cm³/mol. The zero-order valence-electron chi connectivity index (χ0n) is 9.96. The molecule has 1 atom stereocenters. The van der Waals surface area contributed by atoms with Gasteiger partial charge in [0.25, 0.3) is 0 Å². The number of aromatic nitrogens is 2. The Hall–Kier alpha value is -1.85. The minimum Gasteiger partial charge on any atom is -0.355 e. The summed E-state index contributed by atoms with van der Waals surface area (Å²) in [5.41, 5.74) is 1.88. The summed E-state index contributed by atoms with van der Waals surface area (Å²) in [6, 6.07) is 0. The monoisotopic (exact) mass is 236 g/mol. The number of nitrogens with one attached hydrogen (secondary N) is 3. The number of hydrogen-bond donors (Lipinski definition) is 3. The van der Waals surface area contributed by atoms with E-state index in [1.807, 2.05) is 13.8 Å². The van der Waals surface area contributed by atoms with Crippen LogP contribution in [0.4, 0.5) is 5.82 Å². The number of H-pyrrole nitrogens is 1. The van der Waals surface area contributed by atoms with Crippen molar-refractivity contribution in [1.29, 1.82) is 0 Å². The molecule has 1 fully saturated rings. The van der Waals surface area contributed by atoms with Crippen molar-refractivity contribution < 1.29 is 9.59 Å². The smallest absolute Gasteiger partial charge is 0.230 e. The van der Waals surface area contributed by atoms with Gasteiger partial charge in [0.05, 0.1) is 5.92 Å². The molecule has 1 saturated heterocycles. The highest BCUT2D eigenvalue weighted by atomic mass is 16.2. The van der Waals surface area contributed by atoms with E-state index in [4.69, 9.17) is 0 Å². The number of nitrogens with zero attached hydrogens (tertiary/aromatic N) is 1. The first kappa shape index (κ1) is 11.6. The fourth-order valence-electron chi connectivity index (χ4n) is 1.78. The van der Waals surface area contributed by atoms with Gasteiger partial charge >= 0.3 is 0 Å². The highest BCUT2D eigenvalue weighted by molar-refractivity contribution is 5.93. The standard InChI is InChI=1S/C11H16N4O2/c1-6-7(2)14-15-10(6)13-11(17)8-3-4-9(16)12-5-8/h8H,3-5H2,1-2H3,(H,12,16)(H2,13,14,15,17). The molecule has 1 aromatic heterocycles. The van der Waals surface area contributed by atoms with Crippen LogP contribution in [-0.4, -0.2) is 28.6 Å². The number of aryl methyl sites for hydroxylation is 1. The zero-order chi connectivity index (χ0) is 12.4. The second-order valence-corrected chi connectivity index (χ2v) is 4.35. The molecule has 0 radical (unpaired) electrons. The van der Waals surface area contributed by atoms with Gasteiger partial charge in [0.2, 0.25) is 11.8 Å². The normalized spacial score (nSPS) is 19.9. The van der Waals surface area contributed by atoms with Crippen LogP contribution in [-0.2, 0) is 9.59 Å². The Kier molecular flexibility index (Phi) is 3.12. The van der Waals surface area contributed by atoms with E-state index >= 15 is 0 Å². The van der Waals surface area contributed by atoms with Gasteiger partial charge in [-0.15, -0.1) is 0 Å². The topological polar surface area (TPSA) is 86.9 Å². The molecule has 6 nitrogen and oxygen atoms in total. The first-order chi connectivity index (χ1) is 8.08. The van der Waals surface area contributed by atoms with E-state index in [-0.39, 0.29) is 17.7 Å². The molecule has 2 rings (SSSR count). The summed E-state index contributed by atoms with van der Waals surface area (Å²) < 4.78 is 0. The van der Waals surface area contributed by atoms with Gasteiger partial charge < -0.3 is 10.6 Å². The Bertz CT molecular complexity index is 442. The number of aromatic amines is 1. The van der Waals surface area contributed by atoms with E-state index in [2.05, 4.69) is 20.8 Å². The second-order valence-electron chi connectivity index (χ2n) is 4.35. The van der Waals surface area contributed by atoms with Crippen LogP contribution in [0.3, 0.4) is 0 Å². The van der Waals surface area contributed by atoms with Crippen molar-refractivity contribution in [2.24, 2.45) is 5.92 Å². The van der Waals surface area contributed by atoms with Crippen LogP contribution in [0.25, 0.3) is 0 Å². The highest BCUT2D eigenvalue weighted by Crippen LogP contribution is 2.17. The van der Waals surface area contributed by atoms with Gasteiger partial charge in [-0.2, -0.15) is 5.10 Å². The quantitative estimate of drug-likeness (QED) is 0.698. The maximum Gasteiger partial charge on any atom is 0.230 e. The van der Waals surface area contributed by atoms with E-state index in [0.29, 0.717) is 25.2 Å². The number of anilines is 1. The fraction of sp³-hybridized carbons (Fsp3) is 0.545. The third-order valence-corrected chi connectivity index (χ3v) is 3.13. The van der Waals surface area contributed by atoms with Crippen molar-refractivity contribution in [1.82, 2.24) is 15.5 Å². The van der Waals surface area contributed by atoms with Crippen molar-refractivity contribution in [3.05, 3.63) is 11.3 Å². The molecule has 17 heavy (non-hydrogen) atoms. The molecule has 1 aliphatic rings. The van der Waals surface area contributed by atoms with Crippen molar-refractivity contribution >= 4 is 17.6 Å². The lowest BCUT2D eigenvalue weighted by atomic mass is 9.98. The van der Waals surface area contributed by atoms with Crippen LogP contribution in [0.15, 0.2) is 0 Å². The summed E-state index contributed by atoms with van der Waals surface area (Å²) in [7, 11) is 0. The third-order valence-electron chi connectivity index (χ3n) is 3.13. The Morgan fingerprint density at radius 2 is 2.24 bits per heavy atom. The van der Waals surface area contributed by atoms with Gasteiger partial charge in [-0.05, 0) is 20.3 Å². The van der Waals surface area contributed by atoms with E-state index in [9.17, 15) is 9.59 Å². The van der Waals surface area contributed by atoms with Gasteiger partial charge in [-0.25, -0.2) is 0 Å². The summed E-state index contributed by atoms with van der Waals surface area (Å²) >= 11 is 0. The maximum atomic E-state index is 11.9. The Labute approximate surface area is 99.2 Å². The molecule has 0 saturated carbocycles. The number of rotatable bonds is 2. The van der Waals surface area contributed by atoms with Crippen LogP contribution in [0.5, 0.6) is 0 Å². The maximum absolute atomic E-state index is 11.9. The number of piperidine rings is 1. The Morgan fingerprint density at radius 1 is 1.47 bits per heavy atom. The number of carbonyl (C=O) groups excluding carboxylic acids is 2. The van der Waals surface area contributed by atoms with Gasteiger partial charge in [0.1, 0.15) is 0 Å². The Balaban J connectivity index is 1.97. The van der Waals surface area contributed by atoms with Gasteiger partial charge in [0, 0.05) is 24.2 Å². The van der Waals surface area contributed by atoms with Crippen molar-refractivity contribution in [3.8, 4) is 0 Å². The average molecular weight is 236 g/mol. The fourth-order valence-corrected chi connectivity index (χ4v) is 1.78. The summed E-state index contributed by atoms with van der Waals surface area (Å²) in [5, 5.41) is 12.3. The van der Waals surface area contributed by atoms with Crippen LogP contribution in [0.1, 0.15) is 24.1 Å². The van der Waals surface area contributed by atoms with Gasteiger partial charge in [0.15, 0.2) is 5.82 Å². The summed E-state index contributed by atoms with van der Waals surface area (Å²) in [6.07, 6.45) is 1.01. The molecular weight excluding hydrogens is 220 g/mol. The SMILES string of the molecule is Cc1[nH]nc(NC(=O)C2CCC(=O)NC2)c1C. The molecule has 2 heterocycles. The van der Waals surface area contributed by atoms with Crippen LogP contribution >= 0.6 is 0 Å². The molecule has 3 N–H and O–H groups in total. The number of amides is 2. The second kappa shape index (κ2) is 4.57. The molecule has 2 amide bonds. The molecule has 1 aliphatic heterocycles. The predicted octanol–water partition coefficient (Wildman–Crippen LogP) is 0.491. The molecule has 6 heteroatoms. The minimum absolute atomic E-state index is 0.0147. The lowest BCUT2D eigenvalue weighted by Gasteiger charge is -2.21. The molecule has 1 unspecified atom stereocenters. The summed E-state index contributed by atoms with van der Waals surface area (Å²) in [6.45, 7) is 4.21. The van der Waals surface area contributed by atoms with E-state index in [1.165, 1.54) is 0 Å². The lowest BCUT2D eigenvalue weighted by molar-refractivity contribution is -0.126. The van der Waals surface area contributed by atoms with Crippen LogP contribution in [0.2, 0.25) is 0 Å². The zero-order valence-corrected chi connectivity index (χ0v) is 9.96. The van der Waals surface area contributed by atoms with E-state index in [1.54, 1.807) is 0 Å². The van der Waals surface area contributed by atoms with E-state index in [0.717, 1.165) is 11.3 Å². The largest absolute Gasteiger partial charge is 0.355 e. The third kappa shape index (κ3) is 2.46. The molecule has 0 bridgehead atoms. The lowest BCUT2D eigenvalue weighted by Crippen LogP contribution is -2.40. The van der Waals surface area contributed by atoms with Gasteiger partial charge in [-0.1, -0.05) is 0 Å². The first-order valence-electron chi connectivity index (χ1n) is 5.67. The molecule has 0 aromatic carbocycles. The van der Waals surface area contributed by atoms with Crippen molar-refractivity contribution in [3.63, 3.8) is 0 Å². The summed E-state index contributed by atoms with van der Waals surface area (Å²) in [5.74, 6) is 0.342. The molecular formula is C11H16N4O2. The molecule has 0 aliphatic carbocycles. The first-order valence-corrected chi connectivity index (χ1v) is 5.67. The number of hydrogen-bond acceptors (Lipinski definition) is 3.